The predicted molar refractivity (Wildman–Crippen MR) is 70.0 cm³/mol. The molecule has 1 aromatic carbocycles. The zero-order chi connectivity index (χ0) is 12.4. The summed E-state index contributed by atoms with van der Waals surface area (Å²) in [6.07, 6.45) is 4.46. The van der Waals surface area contributed by atoms with Crippen LogP contribution in [0.3, 0.4) is 0 Å². The van der Waals surface area contributed by atoms with Crippen molar-refractivity contribution in [2.45, 2.75) is 24.8 Å². The molecule has 3 heteroatoms. The molecule has 94 valence electrons. The first-order chi connectivity index (χ1) is 8.77. The minimum atomic E-state index is -0.182. The molecular weight excluding hydrogens is 226 g/mol. The van der Waals surface area contributed by atoms with Crippen LogP contribution in [0, 0.1) is 0 Å². The van der Waals surface area contributed by atoms with Crippen LogP contribution in [0.15, 0.2) is 36.4 Å². The molecule has 1 spiro atoms. The molecule has 18 heavy (non-hydrogen) atoms. The Bertz CT molecular complexity index is 473. The Morgan fingerprint density at radius 1 is 1.11 bits per heavy atom. The summed E-state index contributed by atoms with van der Waals surface area (Å²) in [7, 11) is 0. The van der Waals surface area contributed by atoms with Gasteiger partial charge < -0.3 is 10.1 Å². The van der Waals surface area contributed by atoms with Crippen molar-refractivity contribution in [1.29, 1.82) is 0 Å². The van der Waals surface area contributed by atoms with E-state index >= 15 is 0 Å². The van der Waals surface area contributed by atoms with Gasteiger partial charge in [0.25, 0.3) is 0 Å². The number of carbonyl (C=O) groups excluding carboxylic acids is 1. The lowest BCUT2D eigenvalue weighted by Crippen LogP contribution is -2.52. The lowest BCUT2D eigenvalue weighted by atomic mass is 9.82. The van der Waals surface area contributed by atoms with Crippen LogP contribution in [0.4, 0.5) is 0 Å². The standard InChI is InChI=1S/C15H17NO2/c17-14-10-13(12-4-2-1-3-5-12)11-15(16-14)6-8-18-9-7-15/h1-5,11H,6-10H2,(H,16,17). The predicted octanol–water partition coefficient (Wildman–Crippen LogP) is 2.14. The molecule has 0 bridgehead atoms. The second-order valence-corrected chi connectivity index (χ2v) is 5.03. The van der Waals surface area contributed by atoms with Gasteiger partial charge in [0.2, 0.25) is 5.91 Å². The average molecular weight is 243 g/mol. The second-order valence-electron chi connectivity index (χ2n) is 5.03. The van der Waals surface area contributed by atoms with Crippen molar-refractivity contribution in [2.24, 2.45) is 0 Å². The van der Waals surface area contributed by atoms with Crippen molar-refractivity contribution in [2.75, 3.05) is 13.2 Å². The largest absolute Gasteiger partial charge is 0.381 e. The molecule has 0 saturated carbocycles. The molecule has 1 saturated heterocycles. The maximum absolute atomic E-state index is 11.9. The van der Waals surface area contributed by atoms with Crippen LogP contribution in [0.5, 0.6) is 0 Å². The van der Waals surface area contributed by atoms with Gasteiger partial charge in [-0.15, -0.1) is 0 Å². The molecule has 1 N–H and O–H groups in total. The lowest BCUT2D eigenvalue weighted by molar-refractivity contribution is -0.122. The summed E-state index contributed by atoms with van der Waals surface area (Å²) >= 11 is 0. The molecule has 1 aromatic rings. The van der Waals surface area contributed by atoms with E-state index in [-0.39, 0.29) is 11.4 Å². The Morgan fingerprint density at radius 3 is 2.56 bits per heavy atom. The Labute approximate surface area is 107 Å². The Balaban J connectivity index is 1.96. The quantitative estimate of drug-likeness (QED) is 0.820. The summed E-state index contributed by atoms with van der Waals surface area (Å²) in [6.45, 7) is 1.44. The highest BCUT2D eigenvalue weighted by Gasteiger charge is 2.35. The van der Waals surface area contributed by atoms with Crippen LogP contribution in [0.25, 0.3) is 5.57 Å². The summed E-state index contributed by atoms with van der Waals surface area (Å²) in [5.41, 5.74) is 2.11. The van der Waals surface area contributed by atoms with E-state index in [0.29, 0.717) is 6.42 Å². The van der Waals surface area contributed by atoms with Gasteiger partial charge in [0, 0.05) is 13.2 Å². The van der Waals surface area contributed by atoms with Gasteiger partial charge in [-0.05, 0) is 24.0 Å². The van der Waals surface area contributed by atoms with Gasteiger partial charge in [-0.2, -0.15) is 0 Å². The molecule has 0 unspecified atom stereocenters. The van der Waals surface area contributed by atoms with E-state index < -0.39 is 0 Å². The smallest absolute Gasteiger partial charge is 0.225 e. The third-order valence-corrected chi connectivity index (χ3v) is 3.72. The molecule has 0 aliphatic carbocycles. The minimum absolute atomic E-state index is 0.123. The maximum Gasteiger partial charge on any atom is 0.225 e. The molecule has 3 rings (SSSR count). The van der Waals surface area contributed by atoms with E-state index in [0.717, 1.165) is 37.2 Å². The Hall–Kier alpha value is -1.61. The number of carbonyl (C=O) groups is 1. The van der Waals surface area contributed by atoms with Gasteiger partial charge >= 0.3 is 0 Å². The van der Waals surface area contributed by atoms with E-state index in [2.05, 4.69) is 23.5 Å². The van der Waals surface area contributed by atoms with E-state index in [1.165, 1.54) is 0 Å². The third kappa shape index (κ3) is 2.18. The summed E-state index contributed by atoms with van der Waals surface area (Å²) in [5.74, 6) is 0.123. The SMILES string of the molecule is O=C1CC(c2ccccc2)=CC2(CCOCC2)N1. The molecule has 0 atom stereocenters. The topological polar surface area (TPSA) is 38.3 Å². The van der Waals surface area contributed by atoms with E-state index in [1.807, 2.05) is 18.2 Å². The number of benzene rings is 1. The highest BCUT2D eigenvalue weighted by atomic mass is 16.5. The van der Waals surface area contributed by atoms with Gasteiger partial charge in [-0.1, -0.05) is 36.4 Å². The van der Waals surface area contributed by atoms with Crippen molar-refractivity contribution in [3.05, 3.63) is 42.0 Å². The normalized spacial score (nSPS) is 22.4. The molecule has 2 aliphatic heterocycles. The number of hydrogen-bond acceptors (Lipinski definition) is 2. The second kappa shape index (κ2) is 4.58. The van der Waals surface area contributed by atoms with Crippen LogP contribution >= 0.6 is 0 Å². The highest BCUT2D eigenvalue weighted by molar-refractivity contribution is 5.92. The van der Waals surface area contributed by atoms with Gasteiger partial charge in [0.05, 0.1) is 12.0 Å². The first kappa shape index (κ1) is 11.5. The van der Waals surface area contributed by atoms with Crippen molar-refractivity contribution >= 4 is 11.5 Å². The molecule has 0 aromatic heterocycles. The average Bonchev–Trinajstić information content (AvgIpc) is 2.40. The molecule has 0 radical (unpaired) electrons. The maximum atomic E-state index is 11.9. The number of amides is 1. The fourth-order valence-corrected chi connectivity index (χ4v) is 2.76. The number of rotatable bonds is 1. The molecule has 1 fully saturated rings. The first-order valence-electron chi connectivity index (χ1n) is 6.43. The van der Waals surface area contributed by atoms with E-state index in [9.17, 15) is 4.79 Å². The van der Waals surface area contributed by atoms with Crippen LogP contribution in [-0.2, 0) is 9.53 Å². The zero-order valence-corrected chi connectivity index (χ0v) is 10.3. The summed E-state index contributed by atoms with van der Waals surface area (Å²) in [4.78, 5) is 11.9. The van der Waals surface area contributed by atoms with Gasteiger partial charge in [0.1, 0.15) is 0 Å². The zero-order valence-electron chi connectivity index (χ0n) is 10.3. The van der Waals surface area contributed by atoms with Crippen molar-refractivity contribution in [3.63, 3.8) is 0 Å². The fourth-order valence-electron chi connectivity index (χ4n) is 2.76. The minimum Gasteiger partial charge on any atom is -0.381 e. The third-order valence-electron chi connectivity index (χ3n) is 3.72. The summed E-state index contributed by atoms with van der Waals surface area (Å²) in [5, 5.41) is 3.14. The van der Waals surface area contributed by atoms with E-state index in [4.69, 9.17) is 4.74 Å². The summed E-state index contributed by atoms with van der Waals surface area (Å²) < 4.78 is 5.39. The number of ether oxygens (including phenoxy) is 1. The fraction of sp³-hybridized carbons (Fsp3) is 0.400. The van der Waals surface area contributed by atoms with Crippen molar-refractivity contribution in [1.82, 2.24) is 5.32 Å². The number of nitrogens with one attached hydrogen (secondary N) is 1. The molecule has 2 heterocycles. The van der Waals surface area contributed by atoms with Crippen LogP contribution in [0.2, 0.25) is 0 Å². The van der Waals surface area contributed by atoms with Gasteiger partial charge in [-0.25, -0.2) is 0 Å². The lowest BCUT2D eigenvalue weighted by Gasteiger charge is -2.39. The van der Waals surface area contributed by atoms with Gasteiger partial charge in [0.15, 0.2) is 0 Å². The Morgan fingerprint density at radius 2 is 1.83 bits per heavy atom. The van der Waals surface area contributed by atoms with Crippen LogP contribution < -0.4 is 5.32 Å². The highest BCUT2D eigenvalue weighted by Crippen LogP contribution is 2.32. The first-order valence-corrected chi connectivity index (χ1v) is 6.43. The Kier molecular flexibility index (Phi) is 2.92. The van der Waals surface area contributed by atoms with Crippen LogP contribution in [0.1, 0.15) is 24.8 Å². The molecule has 2 aliphatic rings. The van der Waals surface area contributed by atoms with Gasteiger partial charge in [-0.3, -0.25) is 4.79 Å². The van der Waals surface area contributed by atoms with Crippen LogP contribution in [-0.4, -0.2) is 24.7 Å². The molecule has 1 amide bonds. The van der Waals surface area contributed by atoms with Crippen molar-refractivity contribution < 1.29 is 9.53 Å². The summed E-state index contributed by atoms with van der Waals surface area (Å²) in [6, 6.07) is 10.2. The van der Waals surface area contributed by atoms with Crippen molar-refractivity contribution in [3.8, 4) is 0 Å². The number of hydrogen-bond donors (Lipinski definition) is 1. The monoisotopic (exact) mass is 243 g/mol. The van der Waals surface area contributed by atoms with E-state index in [1.54, 1.807) is 0 Å². The molecular formula is C15H17NO2. The molecule has 3 nitrogen and oxygen atoms in total.